The van der Waals surface area contributed by atoms with Gasteiger partial charge in [-0.05, 0) is 57.3 Å². The Balaban J connectivity index is 1.90. The fourth-order valence-corrected chi connectivity index (χ4v) is 3.21. The molecule has 0 aliphatic carbocycles. The fraction of sp³-hybridized carbons (Fsp3) is 0.296. The van der Waals surface area contributed by atoms with Crippen molar-refractivity contribution in [1.82, 2.24) is 0 Å². The quantitative estimate of drug-likeness (QED) is 0.433. The first-order chi connectivity index (χ1) is 13.6. The lowest BCUT2D eigenvalue weighted by Crippen LogP contribution is -2.10. The highest BCUT2D eigenvalue weighted by atomic mass is 16.5. The molecule has 0 unspecified atom stereocenters. The molecule has 0 heterocycles. The lowest BCUT2D eigenvalue weighted by Gasteiger charge is -2.20. The number of benzene rings is 3. The van der Waals surface area contributed by atoms with Crippen LogP contribution in [-0.4, -0.2) is 6.29 Å². The molecule has 0 spiro atoms. The van der Waals surface area contributed by atoms with E-state index in [1.807, 2.05) is 30.3 Å². The van der Waals surface area contributed by atoms with Crippen molar-refractivity contribution >= 4 is 6.29 Å². The van der Waals surface area contributed by atoms with Gasteiger partial charge >= 0.3 is 0 Å². The molecule has 3 rings (SSSR count). The van der Waals surface area contributed by atoms with Crippen LogP contribution in [0.1, 0.15) is 63.0 Å². The Kier molecular flexibility index (Phi) is 5.66. The number of carbonyl (C=O) groups is 1. The molecule has 0 fully saturated rings. The third-order valence-electron chi connectivity index (χ3n) is 5.17. The molecule has 150 valence electrons. The number of hydrogen-bond donors (Lipinski definition) is 0. The van der Waals surface area contributed by atoms with E-state index in [4.69, 9.17) is 4.74 Å². The zero-order valence-corrected chi connectivity index (χ0v) is 18.2. The van der Waals surface area contributed by atoms with Crippen LogP contribution in [0.3, 0.4) is 0 Å². The van der Waals surface area contributed by atoms with Crippen molar-refractivity contribution < 1.29 is 9.53 Å². The Morgan fingerprint density at radius 1 is 0.655 bits per heavy atom. The molecule has 2 heteroatoms. The summed E-state index contributed by atoms with van der Waals surface area (Å²) < 4.78 is 6.08. The third-order valence-corrected chi connectivity index (χ3v) is 5.17. The summed E-state index contributed by atoms with van der Waals surface area (Å²) >= 11 is 0. The third kappa shape index (κ3) is 4.95. The van der Waals surface area contributed by atoms with Gasteiger partial charge in [0.05, 0.1) is 5.56 Å². The largest absolute Gasteiger partial charge is 0.457 e. The van der Waals surface area contributed by atoms with Gasteiger partial charge in [0.15, 0.2) is 6.29 Å². The van der Waals surface area contributed by atoms with E-state index in [0.29, 0.717) is 11.3 Å². The van der Waals surface area contributed by atoms with Gasteiger partial charge in [-0.1, -0.05) is 84.0 Å². The maximum absolute atomic E-state index is 11.5. The minimum atomic E-state index is 0.0889. The summed E-state index contributed by atoms with van der Waals surface area (Å²) in [5, 5.41) is 0. The Labute approximate surface area is 174 Å². The van der Waals surface area contributed by atoms with Crippen molar-refractivity contribution in [3.05, 3.63) is 83.4 Å². The Hall–Kier alpha value is -2.87. The predicted molar refractivity (Wildman–Crippen MR) is 121 cm³/mol. The topological polar surface area (TPSA) is 26.3 Å². The van der Waals surface area contributed by atoms with Gasteiger partial charge in [0.25, 0.3) is 0 Å². The molecule has 3 aromatic carbocycles. The van der Waals surface area contributed by atoms with Crippen molar-refractivity contribution in [3.63, 3.8) is 0 Å². The smallest absolute Gasteiger partial charge is 0.153 e. The summed E-state index contributed by atoms with van der Waals surface area (Å²) in [6.07, 6.45) is 0.839. The average molecular weight is 387 g/mol. The Morgan fingerprint density at radius 2 is 1.14 bits per heavy atom. The molecule has 0 aliphatic heterocycles. The van der Waals surface area contributed by atoms with Crippen LogP contribution >= 0.6 is 0 Å². The van der Waals surface area contributed by atoms with Crippen LogP contribution in [-0.2, 0) is 10.8 Å². The minimum Gasteiger partial charge on any atom is -0.457 e. The van der Waals surface area contributed by atoms with E-state index in [1.165, 1.54) is 11.1 Å². The number of hydrogen-bond acceptors (Lipinski definition) is 2. The zero-order valence-electron chi connectivity index (χ0n) is 18.2. The van der Waals surface area contributed by atoms with E-state index in [9.17, 15) is 4.79 Å². The lowest BCUT2D eigenvalue weighted by atomic mass is 9.86. The van der Waals surface area contributed by atoms with E-state index in [-0.39, 0.29) is 10.8 Å². The maximum Gasteiger partial charge on any atom is 0.153 e. The first kappa shape index (κ1) is 20.9. The van der Waals surface area contributed by atoms with Crippen molar-refractivity contribution in [2.75, 3.05) is 0 Å². The molecule has 0 atom stereocenters. The van der Waals surface area contributed by atoms with E-state index in [2.05, 4.69) is 77.9 Å². The van der Waals surface area contributed by atoms with Gasteiger partial charge in [-0.2, -0.15) is 0 Å². The van der Waals surface area contributed by atoms with Crippen LogP contribution in [0, 0.1) is 0 Å². The van der Waals surface area contributed by atoms with Crippen LogP contribution in [0.15, 0.2) is 66.7 Å². The number of rotatable bonds is 4. The molecule has 0 radical (unpaired) electrons. The molecule has 0 amide bonds. The standard InChI is InChI=1S/C27H30O2/c1-26(2,3)22-11-9-19(10-12-22)20-7-8-21(18-28)25(17-20)29-24-15-13-23(14-16-24)27(4,5)6/h7-18H,1-6H3. The highest BCUT2D eigenvalue weighted by Crippen LogP contribution is 2.32. The normalized spacial score (nSPS) is 11.9. The van der Waals surface area contributed by atoms with Crippen molar-refractivity contribution in [2.45, 2.75) is 52.4 Å². The van der Waals surface area contributed by atoms with E-state index >= 15 is 0 Å². The fourth-order valence-electron chi connectivity index (χ4n) is 3.21. The summed E-state index contributed by atoms with van der Waals surface area (Å²) in [5.74, 6) is 1.29. The zero-order chi connectivity index (χ0) is 21.2. The number of aldehydes is 1. The SMILES string of the molecule is CC(C)(C)c1ccc(Oc2cc(-c3ccc(C(C)(C)C)cc3)ccc2C=O)cc1. The molecule has 0 aliphatic rings. The number of carbonyl (C=O) groups excluding carboxylic acids is 1. The second-order valence-electron chi connectivity index (χ2n) is 9.57. The molecule has 0 saturated carbocycles. The summed E-state index contributed by atoms with van der Waals surface area (Å²) in [6.45, 7) is 13.2. The molecular weight excluding hydrogens is 356 g/mol. The Morgan fingerprint density at radius 3 is 1.62 bits per heavy atom. The molecule has 0 aromatic heterocycles. The van der Waals surface area contributed by atoms with Gasteiger partial charge in [0, 0.05) is 0 Å². The summed E-state index contributed by atoms with van der Waals surface area (Å²) in [4.78, 5) is 11.5. The van der Waals surface area contributed by atoms with Crippen LogP contribution in [0.2, 0.25) is 0 Å². The molecule has 29 heavy (non-hydrogen) atoms. The van der Waals surface area contributed by atoms with Gasteiger partial charge in [-0.3, -0.25) is 4.79 Å². The van der Waals surface area contributed by atoms with Crippen LogP contribution in [0.25, 0.3) is 11.1 Å². The number of ether oxygens (including phenoxy) is 1. The van der Waals surface area contributed by atoms with E-state index < -0.39 is 0 Å². The van der Waals surface area contributed by atoms with Crippen LogP contribution < -0.4 is 4.74 Å². The minimum absolute atomic E-state index is 0.0889. The molecular formula is C27H30O2. The molecule has 0 saturated heterocycles. The Bertz CT molecular complexity index is 983. The van der Waals surface area contributed by atoms with Crippen LogP contribution in [0.4, 0.5) is 0 Å². The first-order valence-corrected chi connectivity index (χ1v) is 10.1. The lowest BCUT2D eigenvalue weighted by molar-refractivity contribution is 0.112. The highest BCUT2D eigenvalue weighted by molar-refractivity contribution is 5.82. The summed E-state index contributed by atoms with van der Waals surface area (Å²) in [6, 6.07) is 22.4. The first-order valence-electron chi connectivity index (χ1n) is 10.1. The van der Waals surface area contributed by atoms with Gasteiger partial charge in [-0.25, -0.2) is 0 Å². The maximum atomic E-state index is 11.5. The molecule has 3 aromatic rings. The van der Waals surface area contributed by atoms with Gasteiger partial charge in [-0.15, -0.1) is 0 Å². The molecule has 2 nitrogen and oxygen atoms in total. The van der Waals surface area contributed by atoms with Crippen molar-refractivity contribution in [1.29, 1.82) is 0 Å². The van der Waals surface area contributed by atoms with Gasteiger partial charge in [0.2, 0.25) is 0 Å². The van der Waals surface area contributed by atoms with E-state index in [1.54, 1.807) is 0 Å². The van der Waals surface area contributed by atoms with Crippen LogP contribution in [0.5, 0.6) is 11.5 Å². The summed E-state index contributed by atoms with van der Waals surface area (Å²) in [5.41, 5.74) is 5.41. The monoisotopic (exact) mass is 386 g/mol. The molecule has 0 N–H and O–H groups in total. The van der Waals surface area contributed by atoms with Gasteiger partial charge < -0.3 is 4.74 Å². The predicted octanol–water partition coefficient (Wildman–Crippen LogP) is 7.55. The average Bonchev–Trinajstić information content (AvgIpc) is 2.67. The van der Waals surface area contributed by atoms with Gasteiger partial charge in [0.1, 0.15) is 11.5 Å². The van der Waals surface area contributed by atoms with Crippen molar-refractivity contribution in [3.8, 4) is 22.6 Å². The second kappa shape index (κ2) is 7.87. The molecule has 0 bridgehead atoms. The van der Waals surface area contributed by atoms with E-state index in [0.717, 1.165) is 23.2 Å². The summed E-state index contributed by atoms with van der Waals surface area (Å²) in [7, 11) is 0. The second-order valence-corrected chi connectivity index (χ2v) is 9.57. The highest BCUT2D eigenvalue weighted by Gasteiger charge is 2.15. The van der Waals surface area contributed by atoms with Crippen molar-refractivity contribution in [2.24, 2.45) is 0 Å².